The summed E-state index contributed by atoms with van der Waals surface area (Å²) >= 11 is 1.46. The summed E-state index contributed by atoms with van der Waals surface area (Å²) in [6.07, 6.45) is 4.79. The fourth-order valence-electron chi connectivity index (χ4n) is 1.54. The Hall–Kier alpha value is -0.810. The van der Waals surface area contributed by atoms with Crippen LogP contribution in [0.1, 0.15) is 26.2 Å². The molecule has 86 valence electrons. The van der Waals surface area contributed by atoms with Gasteiger partial charge in [0.25, 0.3) is 0 Å². The Balaban J connectivity index is 2.32. The standard InChI is InChI=1S/C10H19N3OS/c1-2-3-8(4-5-14)6-12-10-13-7-9(11)15-10/h7-8,14H,2-6,11H2,1H3,(H,12,13). The van der Waals surface area contributed by atoms with Gasteiger partial charge >= 0.3 is 0 Å². The molecule has 0 amide bonds. The fourth-order valence-corrected chi connectivity index (χ4v) is 2.13. The Morgan fingerprint density at radius 2 is 2.40 bits per heavy atom. The van der Waals surface area contributed by atoms with Crippen LogP contribution in [0.2, 0.25) is 0 Å². The summed E-state index contributed by atoms with van der Waals surface area (Å²) < 4.78 is 0. The molecule has 0 bridgehead atoms. The fraction of sp³-hybridized carbons (Fsp3) is 0.700. The van der Waals surface area contributed by atoms with E-state index < -0.39 is 0 Å². The largest absolute Gasteiger partial charge is 0.396 e. The van der Waals surface area contributed by atoms with Gasteiger partial charge in [0.15, 0.2) is 5.13 Å². The van der Waals surface area contributed by atoms with Crippen LogP contribution in [0, 0.1) is 5.92 Å². The van der Waals surface area contributed by atoms with E-state index in [0.717, 1.165) is 35.9 Å². The molecule has 0 spiro atoms. The summed E-state index contributed by atoms with van der Waals surface area (Å²) in [6, 6.07) is 0. The van der Waals surface area contributed by atoms with Crippen molar-refractivity contribution in [1.29, 1.82) is 0 Å². The minimum Gasteiger partial charge on any atom is -0.396 e. The van der Waals surface area contributed by atoms with Crippen molar-refractivity contribution in [1.82, 2.24) is 4.98 Å². The molecule has 1 aromatic heterocycles. The Bertz CT molecular complexity index is 271. The first-order valence-electron chi connectivity index (χ1n) is 5.32. The normalized spacial score (nSPS) is 12.7. The minimum atomic E-state index is 0.256. The highest BCUT2D eigenvalue weighted by Gasteiger charge is 2.07. The third-order valence-corrected chi connectivity index (χ3v) is 3.08. The van der Waals surface area contributed by atoms with Crippen molar-refractivity contribution in [3.05, 3.63) is 6.20 Å². The van der Waals surface area contributed by atoms with Gasteiger partial charge in [-0.1, -0.05) is 24.7 Å². The Kier molecular flexibility index (Phi) is 5.42. The quantitative estimate of drug-likeness (QED) is 0.668. The van der Waals surface area contributed by atoms with Gasteiger partial charge < -0.3 is 16.2 Å². The van der Waals surface area contributed by atoms with Crippen LogP contribution in [0.25, 0.3) is 0 Å². The third-order valence-electron chi connectivity index (χ3n) is 2.30. The molecule has 4 nitrogen and oxygen atoms in total. The van der Waals surface area contributed by atoms with Crippen molar-refractivity contribution in [3.63, 3.8) is 0 Å². The van der Waals surface area contributed by atoms with Gasteiger partial charge in [-0.05, 0) is 18.8 Å². The number of aromatic nitrogens is 1. The maximum Gasteiger partial charge on any atom is 0.184 e. The van der Waals surface area contributed by atoms with Gasteiger partial charge in [-0.15, -0.1) is 0 Å². The lowest BCUT2D eigenvalue weighted by Crippen LogP contribution is -2.15. The monoisotopic (exact) mass is 229 g/mol. The predicted molar refractivity (Wildman–Crippen MR) is 65.1 cm³/mol. The summed E-state index contributed by atoms with van der Waals surface area (Å²) in [7, 11) is 0. The van der Waals surface area contributed by atoms with Crippen LogP contribution >= 0.6 is 11.3 Å². The summed E-state index contributed by atoms with van der Waals surface area (Å²) in [6.45, 7) is 3.28. The van der Waals surface area contributed by atoms with E-state index >= 15 is 0 Å². The zero-order valence-corrected chi connectivity index (χ0v) is 9.89. The smallest absolute Gasteiger partial charge is 0.184 e. The molecule has 15 heavy (non-hydrogen) atoms. The first-order chi connectivity index (χ1) is 7.26. The van der Waals surface area contributed by atoms with Crippen LogP contribution in [-0.2, 0) is 0 Å². The van der Waals surface area contributed by atoms with Gasteiger partial charge in [0.1, 0.15) is 5.00 Å². The van der Waals surface area contributed by atoms with E-state index in [4.69, 9.17) is 10.8 Å². The van der Waals surface area contributed by atoms with Crippen LogP contribution in [0.3, 0.4) is 0 Å². The van der Waals surface area contributed by atoms with E-state index in [2.05, 4.69) is 17.2 Å². The molecule has 0 fully saturated rings. The number of nitrogens with one attached hydrogen (secondary N) is 1. The molecule has 1 unspecified atom stereocenters. The second kappa shape index (κ2) is 6.63. The molecule has 1 aromatic rings. The molecular weight excluding hydrogens is 210 g/mol. The van der Waals surface area contributed by atoms with Crippen molar-refractivity contribution < 1.29 is 5.11 Å². The molecule has 5 heteroatoms. The van der Waals surface area contributed by atoms with Crippen LogP contribution in [0.4, 0.5) is 10.1 Å². The van der Waals surface area contributed by atoms with E-state index in [-0.39, 0.29) is 6.61 Å². The van der Waals surface area contributed by atoms with Gasteiger partial charge in [0.2, 0.25) is 0 Å². The molecule has 0 aliphatic heterocycles. The number of nitrogens with zero attached hydrogens (tertiary/aromatic N) is 1. The number of anilines is 2. The maximum atomic E-state index is 8.90. The molecule has 0 radical (unpaired) electrons. The summed E-state index contributed by atoms with van der Waals surface area (Å²) in [5, 5.41) is 13.8. The number of aliphatic hydroxyl groups excluding tert-OH is 1. The van der Waals surface area contributed by atoms with Crippen LogP contribution in [0.5, 0.6) is 0 Å². The number of hydrogen-bond acceptors (Lipinski definition) is 5. The van der Waals surface area contributed by atoms with Crippen molar-refractivity contribution in [3.8, 4) is 0 Å². The van der Waals surface area contributed by atoms with Crippen LogP contribution in [-0.4, -0.2) is 23.2 Å². The van der Waals surface area contributed by atoms with Gasteiger partial charge in [-0.2, -0.15) is 0 Å². The van der Waals surface area contributed by atoms with Gasteiger partial charge in [-0.3, -0.25) is 0 Å². The van der Waals surface area contributed by atoms with E-state index in [1.807, 2.05) is 0 Å². The van der Waals surface area contributed by atoms with Crippen molar-refractivity contribution in [2.24, 2.45) is 5.92 Å². The second-order valence-corrected chi connectivity index (χ2v) is 4.68. The number of thiazole rings is 1. The van der Waals surface area contributed by atoms with Crippen molar-refractivity contribution in [2.45, 2.75) is 26.2 Å². The lowest BCUT2D eigenvalue weighted by atomic mass is 10.0. The summed E-state index contributed by atoms with van der Waals surface area (Å²) in [5.74, 6) is 0.519. The van der Waals surface area contributed by atoms with Crippen LogP contribution < -0.4 is 11.1 Å². The molecule has 0 aliphatic rings. The van der Waals surface area contributed by atoms with Gasteiger partial charge in [0.05, 0.1) is 6.20 Å². The van der Waals surface area contributed by atoms with Crippen LogP contribution in [0.15, 0.2) is 6.20 Å². The first kappa shape index (κ1) is 12.3. The highest BCUT2D eigenvalue weighted by Crippen LogP contribution is 2.20. The lowest BCUT2D eigenvalue weighted by molar-refractivity contribution is 0.255. The lowest BCUT2D eigenvalue weighted by Gasteiger charge is -2.14. The molecule has 0 saturated carbocycles. The number of nitrogens with two attached hydrogens (primary N) is 1. The highest BCUT2D eigenvalue weighted by atomic mass is 32.1. The summed E-state index contributed by atoms with van der Waals surface area (Å²) in [5.41, 5.74) is 5.58. The predicted octanol–water partition coefficient (Wildman–Crippen LogP) is 1.94. The average Bonchev–Trinajstić information content (AvgIpc) is 2.61. The Labute approximate surface area is 94.5 Å². The number of hydrogen-bond donors (Lipinski definition) is 3. The van der Waals surface area contributed by atoms with E-state index in [0.29, 0.717) is 5.92 Å². The molecule has 4 N–H and O–H groups in total. The molecule has 1 heterocycles. The zero-order chi connectivity index (χ0) is 11.1. The minimum absolute atomic E-state index is 0.256. The molecule has 0 aliphatic carbocycles. The third kappa shape index (κ3) is 4.48. The van der Waals surface area contributed by atoms with Crippen molar-refractivity contribution in [2.75, 3.05) is 24.2 Å². The molecule has 0 saturated heterocycles. The second-order valence-electron chi connectivity index (χ2n) is 3.62. The van der Waals surface area contributed by atoms with E-state index in [9.17, 15) is 0 Å². The van der Waals surface area contributed by atoms with Gasteiger partial charge in [0, 0.05) is 13.2 Å². The topological polar surface area (TPSA) is 71.2 Å². The van der Waals surface area contributed by atoms with Gasteiger partial charge in [-0.25, -0.2) is 4.98 Å². The van der Waals surface area contributed by atoms with E-state index in [1.165, 1.54) is 11.3 Å². The Morgan fingerprint density at radius 3 is 2.93 bits per heavy atom. The SMILES string of the molecule is CCCC(CCO)CNc1ncc(N)s1. The van der Waals surface area contributed by atoms with Crippen molar-refractivity contribution >= 4 is 21.5 Å². The number of nitrogen functional groups attached to an aromatic ring is 1. The highest BCUT2D eigenvalue weighted by molar-refractivity contribution is 7.19. The molecule has 1 rings (SSSR count). The number of aliphatic hydroxyl groups is 1. The Morgan fingerprint density at radius 1 is 1.60 bits per heavy atom. The molecular formula is C10H19N3OS. The van der Waals surface area contributed by atoms with E-state index in [1.54, 1.807) is 6.20 Å². The molecule has 1 atom stereocenters. The summed E-state index contributed by atoms with van der Waals surface area (Å²) in [4.78, 5) is 4.13. The zero-order valence-electron chi connectivity index (χ0n) is 9.07. The average molecular weight is 229 g/mol. The first-order valence-corrected chi connectivity index (χ1v) is 6.14. The molecule has 0 aromatic carbocycles. The maximum absolute atomic E-state index is 8.90. The number of rotatable bonds is 7.